The summed E-state index contributed by atoms with van der Waals surface area (Å²) in [6.07, 6.45) is 0.0420. The largest absolute Gasteiger partial charge is 0.480 e. The van der Waals surface area contributed by atoms with Crippen LogP contribution in [0.2, 0.25) is 0 Å². The van der Waals surface area contributed by atoms with Crippen molar-refractivity contribution in [3.8, 4) is 0 Å². The predicted molar refractivity (Wildman–Crippen MR) is 95.4 cm³/mol. The SMILES string of the molecule is CC(C(=O)O)N(Cc1ccccc1)C(=O)CCNC(=O)c1ccsc1. The van der Waals surface area contributed by atoms with Gasteiger partial charge in [0.2, 0.25) is 5.91 Å². The van der Waals surface area contributed by atoms with Crippen molar-refractivity contribution < 1.29 is 19.5 Å². The van der Waals surface area contributed by atoms with Crippen LogP contribution in [0.5, 0.6) is 0 Å². The number of hydrogen-bond acceptors (Lipinski definition) is 4. The smallest absolute Gasteiger partial charge is 0.326 e. The van der Waals surface area contributed by atoms with E-state index >= 15 is 0 Å². The molecular weight excluding hydrogens is 340 g/mol. The third kappa shape index (κ3) is 5.42. The Morgan fingerprint density at radius 3 is 2.52 bits per heavy atom. The first-order chi connectivity index (χ1) is 12.0. The van der Waals surface area contributed by atoms with Crippen LogP contribution in [0.25, 0.3) is 0 Å². The summed E-state index contributed by atoms with van der Waals surface area (Å²) in [5, 5.41) is 15.5. The summed E-state index contributed by atoms with van der Waals surface area (Å²) in [5.41, 5.74) is 1.41. The lowest BCUT2D eigenvalue weighted by Gasteiger charge is -2.27. The Bertz CT molecular complexity index is 716. The molecule has 132 valence electrons. The average Bonchev–Trinajstić information content (AvgIpc) is 3.14. The number of carboxylic acid groups (broad SMARTS) is 1. The van der Waals surface area contributed by atoms with Gasteiger partial charge in [-0.2, -0.15) is 11.3 Å². The van der Waals surface area contributed by atoms with E-state index in [2.05, 4.69) is 5.32 Å². The van der Waals surface area contributed by atoms with Crippen molar-refractivity contribution in [1.82, 2.24) is 10.2 Å². The minimum atomic E-state index is -1.06. The monoisotopic (exact) mass is 360 g/mol. The van der Waals surface area contributed by atoms with Crippen molar-refractivity contribution in [2.75, 3.05) is 6.54 Å². The van der Waals surface area contributed by atoms with Gasteiger partial charge in [0.25, 0.3) is 5.91 Å². The summed E-state index contributed by atoms with van der Waals surface area (Å²) in [4.78, 5) is 37.0. The normalized spacial score (nSPS) is 11.6. The Hall–Kier alpha value is -2.67. The number of carboxylic acids is 1. The van der Waals surface area contributed by atoms with Gasteiger partial charge in [-0.25, -0.2) is 4.79 Å². The fraction of sp³-hybridized carbons (Fsp3) is 0.278. The molecule has 1 heterocycles. The zero-order chi connectivity index (χ0) is 18.2. The van der Waals surface area contributed by atoms with E-state index in [1.165, 1.54) is 23.2 Å². The van der Waals surface area contributed by atoms with E-state index in [1.807, 2.05) is 30.3 Å². The first-order valence-corrected chi connectivity index (χ1v) is 8.80. The molecule has 0 bridgehead atoms. The molecule has 1 unspecified atom stereocenters. The summed E-state index contributed by atoms with van der Waals surface area (Å²) >= 11 is 1.42. The number of aliphatic carboxylic acids is 1. The van der Waals surface area contributed by atoms with Crippen molar-refractivity contribution in [2.45, 2.75) is 25.9 Å². The number of rotatable bonds is 8. The lowest BCUT2D eigenvalue weighted by atomic mass is 10.1. The standard InChI is InChI=1S/C18H20N2O4S/c1-13(18(23)24)20(11-14-5-3-2-4-6-14)16(21)7-9-19-17(22)15-8-10-25-12-15/h2-6,8,10,12-13H,7,9,11H2,1H3,(H,19,22)(H,23,24). The average molecular weight is 360 g/mol. The zero-order valence-corrected chi connectivity index (χ0v) is 14.7. The highest BCUT2D eigenvalue weighted by atomic mass is 32.1. The zero-order valence-electron chi connectivity index (χ0n) is 13.8. The maximum Gasteiger partial charge on any atom is 0.326 e. The minimum absolute atomic E-state index is 0.0420. The molecule has 0 spiro atoms. The molecule has 0 aliphatic rings. The number of thiophene rings is 1. The van der Waals surface area contributed by atoms with Gasteiger partial charge in [0, 0.05) is 30.5 Å². The van der Waals surface area contributed by atoms with E-state index in [4.69, 9.17) is 0 Å². The first kappa shape index (κ1) is 18.7. The molecule has 0 fully saturated rings. The highest BCUT2D eigenvalue weighted by Gasteiger charge is 2.25. The lowest BCUT2D eigenvalue weighted by molar-refractivity contribution is -0.150. The Morgan fingerprint density at radius 1 is 1.20 bits per heavy atom. The van der Waals surface area contributed by atoms with Crippen molar-refractivity contribution in [3.63, 3.8) is 0 Å². The number of hydrogen-bond donors (Lipinski definition) is 2. The van der Waals surface area contributed by atoms with Crippen LogP contribution in [-0.4, -0.2) is 40.4 Å². The molecule has 2 amide bonds. The second-order valence-electron chi connectivity index (χ2n) is 5.54. The number of carbonyl (C=O) groups is 3. The Morgan fingerprint density at radius 2 is 1.92 bits per heavy atom. The van der Waals surface area contributed by atoms with Crippen LogP contribution >= 0.6 is 11.3 Å². The van der Waals surface area contributed by atoms with E-state index in [0.29, 0.717) is 5.56 Å². The first-order valence-electron chi connectivity index (χ1n) is 7.85. The quantitative estimate of drug-likeness (QED) is 0.757. The third-order valence-electron chi connectivity index (χ3n) is 3.75. The number of benzene rings is 1. The van der Waals surface area contributed by atoms with Gasteiger partial charge in [-0.15, -0.1) is 0 Å². The van der Waals surface area contributed by atoms with Gasteiger partial charge in [0.15, 0.2) is 0 Å². The molecule has 0 radical (unpaired) electrons. The topological polar surface area (TPSA) is 86.7 Å². The van der Waals surface area contributed by atoms with Gasteiger partial charge in [0.1, 0.15) is 6.04 Å². The summed E-state index contributed by atoms with van der Waals surface area (Å²) in [7, 11) is 0. The molecule has 2 N–H and O–H groups in total. The van der Waals surface area contributed by atoms with Crippen molar-refractivity contribution >= 4 is 29.1 Å². The minimum Gasteiger partial charge on any atom is -0.480 e. The van der Waals surface area contributed by atoms with Gasteiger partial charge in [-0.3, -0.25) is 9.59 Å². The molecule has 0 saturated heterocycles. The van der Waals surface area contributed by atoms with E-state index in [9.17, 15) is 19.5 Å². The molecular formula is C18H20N2O4S. The molecule has 7 heteroatoms. The number of nitrogens with one attached hydrogen (secondary N) is 1. The molecule has 0 aliphatic carbocycles. The fourth-order valence-electron chi connectivity index (χ4n) is 2.28. The molecule has 6 nitrogen and oxygen atoms in total. The molecule has 0 aliphatic heterocycles. The Kier molecular flexibility index (Phi) is 6.71. The van der Waals surface area contributed by atoms with Gasteiger partial charge >= 0.3 is 5.97 Å². The molecule has 1 aromatic heterocycles. The fourth-order valence-corrected chi connectivity index (χ4v) is 2.91. The van der Waals surface area contributed by atoms with Crippen molar-refractivity contribution in [2.24, 2.45) is 0 Å². The van der Waals surface area contributed by atoms with Crippen LogP contribution in [0, 0.1) is 0 Å². The Balaban J connectivity index is 1.95. The molecule has 1 aromatic carbocycles. The number of nitrogens with zero attached hydrogens (tertiary/aromatic N) is 1. The highest BCUT2D eigenvalue weighted by molar-refractivity contribution is 7.08. The van der Waals surface area contributed by atoms with Crippen molar-refractivity contribution in [1.29, 1.82) is 0 Å². The molecule has 0 saturated carbocycles. The van der Waals surface area contributed by atoms with E-state index < -0.39 is 12.0 Å². The van der Waals surface area contributed by atoms with Crippen LogP contribution in [0.1, 0.15) is 29.3 Å². The maximum atomic E-state index is 12.5. The van der Waals surface area contributed by atoms with Crippen LogP contribution in [0.3, 0.4) is 0 Å². The summed E-state index contributed by atoms with van der Waals surface area (Å²) in [6, 6.07) is 9.97. The van der Waals surface area contributed by atoms with Gasteiger partial charge in [-0.05, 0) is 23.9 Å². The van der Waals surface area contributed by atoms with E-state index in [0.717, 1.165) is 5.56 Å². The van der Waals surface area contributed by atoms with Gasteiger partial charge in [-0.1, -0.05) is 30.3 Å². The summed E-state index contributed by atoms with van der Waals surface area (Å²) < 4.78 is 0. The number of carbonyl (C=O) groups excluding carboxylic acids is 2. The molecule has 25 heavy (non-hydrogen) atoms. The second-order valence-corrected chi connectivity index (χ2v) is 6.32. The number of amides is 2. The van der Waals surface area contributed by atoms with Crippen LogP contribution in [0.4, 0.5) is 0 Å². The highest BCUT2D eigenvalue weighted by Crippen LogP contribution is 2.11. The summed E-state index contributed by atoms with van der Waals surface area (Å²) in [5.74, 6) is -1.62. The molecule has 2 rings (SSSR count). The third-order valence-corrected chi connectivity index (χ3v) is 4.43. The molecule has 2 aromatic rings. The second kappa shape index (κ2) is 8.98. The summed E-state index contributed by atoms with van der Waals surface area (Å²) in [6.45, 7) is 1.85. The van der Waals surface area contributed by atoms with Gasteiger partial charge < -0.3 is 15.3 Å². The lowest BCUT2D eigenvalue weighted by Crippen LogP contribution is -2.43. The van der Waals surface area contributed by atoms with Crippen LogP contribution in [0.15, 0.2) is 47.2 Å². The van der Waals surface area contributed by atoms with E-state index in [-0.39, 0.29) is 31.3 Å². The maximum absolute atomic E-state index is 12.5. The predicted octanol–water partition coefficient (Wildman–Crippen LogP) is 2.37. The molecule has 1 atom stereocenters. The van der Waals surface area contributed by atoms with Crippen LogP contribution < -0.4 is 5.32 Å². The van der Waals surface area contributed by atoms with Gasteiger partial charge in [0.05, 0.1) is 0 Å². The van der Waals surface area contributed by atoms with Crippen molar-refractivity contribution in [3.05, 3.63) is 58.3 Å². The van der Waals surface area contributed by atoms with Crippen LogP contribution in [-0.2, 0) is 16.1 Å². The Labute approximate surface area is 150 Å². The van der Waals surface area contributed by atoms with E-state index in [1.54, 1.807) is 16.8 Å².